The number of hydrogen-bond acceptors (Lipinski definition) is 3. The number of amides is 1. The van der Waals surface area contributed by atoms with Gasteiger partial charge in [0.2, 0.25) is 5.91 Å². The molecule has 3 rings (SSSR count). The number of para-hydroxylation sites is 1. The molecular formula is C22H28N2O2. The molecule has 1 aliphatic heterocycles. The Balaban J connectivity index is 1.68. The van der Waals surface area contributed by atoms with Crippen molar-refractivity contribution in [2.45, 2.75) is 39.2 Å². The van der Waals surface area contributed by atoms with E-state index in [2.05, 4.69) is 19.2 Å². The van der Waals surface area contributed by atoms with Crippen molar-refractivity contribution in [2.24, 2.45) is 5.92 Å². The summed E-state index contributed by atoms with van der Waals surface area (Å²) in [4.78, 5) is 14.8. The molecule has 138 valence electrons. The quantitative estimate of drug-likeness (QED) is 0.796. The predicted molar refractivity (Wildman–Crippen MR) is 107 cm³/mol. The van der Waals surface area contributed by atoms with Crippen LogP contribution in [0.15, 0.2) is 54.6 Å². The van der Waals surface area contributed by atoms with Crippen molar-refractivity contribution in [3.8, 4) is 0 Å². The minimum atomic E-state index is 0.135. The zero-order chi connectivity index (χ0) is 18.4. The lowest BCUT2D eigenvalue weighted by molar-refractivity contribution is -0.120. The molecule has 1 heterocycles. The summed E-state index contributed by atoms with van der Waals surface area (Å²) in [5.74, 6) is 0.646. The zero-order valence-electron chi connectivity index (χ0n) is 15.7. The Hall–Kier alpha value is -2.33. The molecule has 2 aromatic rings. The summed E-state index contributed by atoms with van der Waals surface area (Å²) in [6, 6.07) is 18.3. The number of carbonyl (C=O) groups is 1. The van der Waals surface area contributed by atoms with Gasteiger partial charge in [-0.3, -0.25) is 4.79 Å². The highest BCUT2D eigenvalue weighted by Crippen LogP contribution is 2.26. The zero-order valence-corrected chi connectivity index (χ0v) is 15.7. The summed E-state index contributed by atoms with van der Waals surface area (Å²) >= 11 is 0. The monoisotopic (exact) mass is 352 g/mol. The maximum atomic E-state index is 12.9. The fraction of sp³-hybridized carbons (Fsp3) is 0.409. The number of rotatable bonds is 6. The van der Waals surface area contributed by atoms with Gasteiger partial charge in [0, 0.05) is 42.7 Å². The molecule has 2 aromatic carbocycles. The second-order valence-electron chi connectivity index (χ2n) is 7.16. The van der Waals surface area contributed by atoms with E-state index in [9.17, 15) is 4.79 Å². The van der Waals surface area contributed by atoms with E-state index < -0.39 is 0 Å². The summed E-state index contributed by atoms with van der Waals surface area (Å²) in [5, 5.41) is 3.38. The van der Waals surface area contributed by atoms with Crippen molar-refractivity contribution in [3.63, 3.8) is 0 Å². The van der Waals surface area contributed by atoms with E-state index >= 15 is 0 Å². The van der Waals surface area contributed by atoms with Crippen molar-refractivity contribution in [3.05, 3.63) is 54.6 Å². The standard InChI is InChI=1S/C22H28N2O2/c1-17(2)24(22(25)16-18-12-14-26-15-13-18)21-10-8-20(9-11-21)23-19-6-4-3-5-7-19/h3-11,17-18,23H,12-16H2,1-2H3. The molecule has 1 saturated heterocycles. The molecule has 1 fully saturated rings. The van der Waals surface area contributed by atoms with Crippen LogP contribution in [0.4, 0.5) is 17.1 Å². The Labute approximate surface area is 156 Å². The van der Waals surface area contributed by atoms with Gasteiger partial charge in [-0.05, 0) is 69.0 Å². The van der Waals surface area contributed by atoms with Crippen molar-refractivity contribution < 1.29 is 9.53 Å². The van der Waals surface area contributed by atoms with E-state index in [1.807, 2.05) is 59.5 Å². The Bertz CT molecular complexity index is 692. The van der Waals surface area contributed by atoms with Gasteiger partial charge in [-0.1, -0.05) is 18.2 Å². The summed E-state index contributed by atoms with van der Waals surface area (Å²) in [6.45, 7) is 5.69. The Morgan fingerprint density at radius 2 is 1.65 bits per heavy atom. The van der Waals surface area contributed by atoms with Gasteiger partial charge in [-0.15, -0.1) is 0 Å². The molecule has 4 heteroatoms. The lowest BCUT2D eigenvalue weighted by Gasteiger charge is -2.30. The van der Waals surface area contributed by atoms with E-state index in [0.29, 0.717) is 12.3 Å². The van der Waals surface area contributed by atoms with Gasteiger partial charge in [0.1, 0.15) is 0 Å². The fourth-order valence-corrected chi connectivity index (χ4v) is 3.42. The number of hydrogen-bond donors (Lipinski definition) is 1. The van der Waals surface area contributed by atoms with Gasteiger partial charge in [-0.2, -0.15) is 0 Å². The minimum Gasteiger partial charge on any atom is -0.381 e. The smallest absolute Gasteiger partial charge is 0.227 e. The third kappa shape index (κ3) is 4.85. The maximum Gasteiger partial charge on any atom is 0.227 e. The largest absolute Gasteiger partial charge is 0.381 e. The van der Waals surface area contributed by atoms with Crippen LogP contribution in [0.1, 0.15) is 33.1 Å². The van der Waals surface area contributed by atoms with Crippen LogP contribution in [0, 0.1) is 5.92 Å². The van der Waals surface area contributed by atoms with Crippen molar-refractivity contribution in [1.29, 1.82) is 0 Å². The highest BCUT2D eigenvalue weighted by atomic mass is 16.5. The first-order valence-electron chi connectivity index (χ1n) is 9.45. The molecule has 0 spiro atoms. The average molecular weight is 352 g/mol. The number of ether oxygens (including phenoxy) is 1. The van der Waals surface area contributed by atoms with Gasteiger partial charge in [0.25, 0.3) is 0 Å². The van der Waals surface area contributed by atoms with Crippen LogP contribution in [-0.2, 0) is 9.53 Å². The molecule has 0 radical (unpaired) electrons. The fourth-order valence-electron chi connectivity index (χ4n) is 3.42. The number of nitrogens with one attached hydrogen (secondary N) is 1. The summed E-state index contributed by atoms with van der Waals surface area (Å²) < 4.78 is 5.40. The first-order chi connectivity index (χ1) is 12.6. The summed E-state index contributed by atoms with van der Waals surface area (Å²) in [7, 11) is 0. The third-order valence-corrected chi connectivity index (χ3v) is 4.80. The predicted octanol–water partition coefficient (Wildman–Crippen LogP) is 4.99. The topological polar surface area (TPSA) is 41.6 Å². The van der Waals surface area contributed by atoms with Gasteiger partial charge in [0.05, 0.1) is 0 Å². The van der Waals surface area contributed by atoms with Crippen LogP contribution in [-0.4, -0.2) is 25.2 Å². The molecule has 0 unspecified atom stereocenters. The molecule has 0 bridgehead atoms. The molecule has 4 nitrogen and oxygen atoms in total. The molecule has 0 aliphatic carbocycles. The lowest BCUT2D eigenvalue weighted by Crippen LogP contribution is -2.38. The highest BCUT2D eigenvalue weighted by Gasteiger charge is 2.24. The molecule has 26 heavy (non-hydrogen) atoms. The van der Waals surface area contributed by atoms with Gasteiger partial charge < -0.3 is 15.0 Å². The Kier molecular flexibility index (Phi) is 6.29. The van der Waals surface area contributed by atoms with Crippen LogP contribution in [0.25, 0.3) is 0 Å². The summed E-state index contributed by atoms with van der Waals surface area (Å²) in [6.07, 6.45) is 2.57. The molecule has 0 saturated carbocycles. The van der Waals surface area contributed by atoms with Crippen molar-refractivity contribution in [2.75, 3.05) is 23.4 Å². The van der Waals surface area contributed by atoms with E-state index in [1.54, 1.807) is 0 Å². The highest BCUT2D eigenvalue weighted by molar-refractivity contribution is 5.94. The van der Waals surface area contributed by atoms with Gasteiger partial charge in [0.15, 0.2) is 0 Å². The second-order valence-corrected chi connectivity index (χ2v) is 7.16. The van der Waals surface area contributed by atoms with Crippen LogP contribution in [0.3, 0.4) is 0 Å². The molecule has 1 amide bonds. The van der Waals surface area contributed by atoms with Gasteiger partial charge in [-0.25, -0.2) is 0 Å². The first-order valence-corrected chi connectivity index (χ1v) is 9.45. The number of benzene rings is 2. The van der Waals surface area contributed by atoms with E-state index in [4.69, 9.17) is 4.74 Å². The minimum absolute atomic E-state index is 0.135. The summed E-state index contributed by atoms with van der Waals surface area (Å²) in [5.41, 5.74) is 3.02. The SMILES string of the molecule is CC(C)N(C(=O)CC1CCOCC1)c1ccc(Nc2ccccc2)cc1. The van der Waals surface area contributed by atoms with E-state index in [0.717, 1.165) is 43.1 Å². The van der Waals surface area contributed by atoms with Crippen LogP contribution in [0.5, 0.6) is 0 Å². The Morgan fingerprint density at radius 1 is 1.04 bits per heavy atom. The van der Waals surface area contributed by atoms with Crippen LogP contribution >= 0.6 is 0 Å². The van der Waals surface area contributed by atoms with Crippen molar-refractivity contribution >= 4 is 23.0 Å². The second kappa shape index (κ2) is 8.86. The number of anilines is 3. The maximum absolute atomic E-state index is 12.9. The van der Waals surface area contributed by atoms with E-state index in [1.165, 1.54) is 0 Å². The average Bonchev–Trinajstić information content (AvgIpc) is 2.65. The molecule has 0 atom stereocenters. The van der Waals surface area contributed by atoms with Crippen LogP contribution in [0.2, 0.25) is 0 Å². The first kappa shape index (κ1) is 18.5. The number of carbonyl (C=O) groups excluding carboxylic acids is 1. The van der Waals surface area contributed by atoms with Crippen LogP contribution < -0.4 is 10.2 Å². The normalized spacial score (nSPS) is 15.0. The molecule has 1 N–H and O–H groups in total. The Morgan fingerprint density at radius 3 is 2.27 bits per heavy atom. The molecule has 1 aliphatic rings. The number of nitrogens with zero attached hydrogens (tertiary/aromatic N) is 1. The van der Waals surface area contributed by atoms with Gasteiger partial charge >= 0.3 is 0 Å². The molecular weight excluding hydrogens is 324 g/mol. The third-order valence-electron chi connectivity index (χ3n) is 4.80. The lowest BCUT2D eigenvalue weighted by atomic mass is 9.95. The molecule has 0 aromatic heterocycles. The van der Waals surface area contributed by atoms with Crippen molar-refractivity contribution in [1.82, 2.24) is 0 Å². The van der Waals surface area contributed by atoms with E-state index in [-0.39, 0.29) is 11.9 Å².